The van der Waals surface area contributed by atoms with E-state index in [0.29, 0.717) is 0 Å². The van der Waals surface area contributed by atoms with Crippen LogP contribution in [0.4, 0.5) is 0 Å². The minimum Gasteiger partial charge on any atom is -0.455 e. The maximum absolute atomic E-state index is 6.40. The van der Waals surface area contributed by atoms with E-state index in [1.807, 2.05) is 17.8 Å². The van der Waals surface area contributed by atoms with Gasteiger partial charge in [-0.1, -0.05) is 121 Å². The third-order valence-electron chi connectivity index (χ3n) is 9.03. The summed E-state index contributed by atoms with van der Waals surface area (Å²) in [5.74, 6) is 1.95. The molecule has 1 aliphatic heterocycles. The second-order valence-corrected chi connectivity index (χ2v) is 12.9. The lowest BCUT2D eigenvalue weighted by molar-refractivity contribution is 0.670. The predicted octanol–water partition coefficient (Wildman–Crippen LogP) is 12.1. The van der Waals surface area contributed by atoms with E-state index in [0.717, 1.165) is 61.5 Å². The maximum Gasteiger partial charge on any atom is 0.143 e. The molecule has 0 radical (unpaired) electrons. The monoisotopic (exact) mass is 607 g/mol. The van der Waals surface area contributed by atoms with Crippen LogP contribution in [0.25, 0.3) is 77.8 Å². The number of fused-ring (bicyclic) bond motifs is 6. The Morgan fingerprint density at radius 1 is 0.435 bits per heavy atom. The smallest absolute Gasteiger partial charge is 0.143 e. The summed E-state index contributed by atoms with van der Waals surface area (Å²) in [4.78, 5) is 5.10. The summed E-state index contributed by atoms with van der Waals surface area (Å²) in [5, 5.41) is 2.32. The average Bonchev–Trinajstić information content (AvgIpc) is 3.41. The third-order valence-corrected chi connectivity index (χ3v) is 10.1. The lowest BCUT2D eigenvalue weighted by atomic mass is 9.90. The van der Waals surface area contributed by atoms with Crippen LogP contribution in [0.1, 0.15) is 11.1 Å². The molecule has 0 saturated heterocycles. The van der Waals surface area contributed by atoms with Crippen molar-refractivity contribution >= 4 is 33.7 Å². The number of thioether (sulfide) groups is 1. The van der Waals surface area contributed by atoms with Crippen LogP contribution >= 0.6 is 11.8 Å². The molecule has 218 valence electrons. The quantitative estimate of drug-likeness (QED) is 0.199. The van der Waals surface area contributed by atoms with Crippen LogP contribution in [0, 0.1) is 0 Å². The van der Waals surface area contributed by atoms with Gasteiger partial charge in [0, 0.05) is 39.0 Å². The molecule has 2 aromatic heterocycles. The molecule has 0 spiro atoms. The number of hydrogen-bond acceptors (Lipinski definition) is 3. The van der Waals surface area contributed by atoms with Gasteiger partial charge in [0.15, 0.2) is 0 Å². The number of pyridine rings is 1. The number of aromatic nitrogens is 1. The molecule has 0 atom stereocenters. The molecule has 9 rings (SSSR count). The highest BCUT2D eigenvalue weighted by Gasteiger charge is 2.19. The first-order chi connectivity index (χ1) is 22.8. The van der Waals surface area contributed by atoms with Crippen LogP contribution in [0.3, 0.4) is 0 Å². The first-order valence-corrected chi connectivity index (χ1v) is 16.8. The van der Waals surface area contributed by atoms with E-state index < -0.39 is 0 Å². The van der Waals surface area contributed by atoms with Crippen molar-refractivity contribution in [3.63, 3.8) is 0 Å². The molecule has 0 aliphatic carbocycles. The van der Waals surface area contributed by atoms with Crippen molar-refractivity contribution in [3.05, 3.63) is 163 Å². The molecule has 0 saturated carbocycles. The molecule has 46 heavy (non-hydrogen) atoms. The molecule has 0 N–H and O–H groups in total. The zero-order valence-corrected chi connectivity index (χ0v) is 25.9. The minimum atomic E-state index is 0.929. The first-order valence-electron chi connectivity index (χ1n) is 15.7. The second kappa shape index (κ2) is 11.2. The highest BCUT2D eigenvalue weighted by molar-refractivity contribution is 7.97. The van der Waals surface area contributed by atoms with E-state index in [2.05, 4.69) is 146 Å². The van der Waals surface area contributed by atoms with Crippen LogP contribution in [-0.4, -0.2) is 4.98 Å². The molecule has 6 aromatic carbocycles. The molecule has 0 bridgehead atoms. The molecule has 3 heteroatoms. The van der Waals surface area contributed by atoms with Crippen LogP contribution in [-0.2, 0) is 11.5 Å². The van der Waals surface area contributed by atoms with Crippen molar-refractivity contribution in [1.82, 2.24) is 4.98 Å². The average molecular weight is 608 g/mol. The minimum absolute atomic E-state index is 0.929. The van der Waals surface area contributed by atoms with E-state index in [1.165, 1.54) is 38.9 Å². The summed E-state index contributed by atoms with van der Waals surface area (Å²) in [6, 6.07) is 54.1. The van der Waals surface area contributed by atoms with Gasteiger partial charge in [0.1, 0.15) is 11.2 Å². The summed E-state index contributed by atoms with van der Waals surface area (Å²) in [6.45, 7) is 0. The Bertz CT molecular complexity index is 2330. The van der Waals surface area contributed by atoms with Crippen LogP contribution in [0.15, 0.2) is 156 Å². The van der Waals surface area contributed by atoms with E-state index in [-0.39, 0.29) is 0 Å². The van der Waals surface area contributed by atoms with Crippen molar-refractivity contribution in [3.8, 4) is 55.9 Å². The van der Waals surface area contributed by atoms with Crippen LogP contribution in [0.5, 0.6) is 0 Å². The van der Waals surface area contributed by atoms with Gasteiger partial charge in [-0.05, 0) is 69.3 Å². The Balaban J connectivity index is 1.17. The SMILES string of the molecule is c1ccc(-c2cc(-c3ccc4c(c3)-c3ccc(-c5cccc6c5oc5ccccc56)cc3CSC4)cc(-c3ccccc3)n2)cc1. The van der Waals surface area contributed by atoms with Gasteiger partial charge in [-0.2, -0.15) is 11.8 Å². The fraction of sp³-hybridized carbons (Fsp3) is 0.0465. The molecule has 8 aromatic rings. The van der Waals surface area contributed by atoms with Crippen molar-refractivity contribution < 1.29 is 4.42 Å². The maximum atomic E-state index is 6.40. The van der Waals surface area contributed by atoms with Gasteiger partial charge in [0.2, 0.25) is 0 Å². The summed E-state index contributed by atoms with van der Waals surface area (Å²) >= 11 is 1.98. The molecule has 3 heterocycles. The lowest BCUT2D eigenvalue weighted by Crippen LogP contribution is -1.93. The van der Waals surface area contributed by atoms with Crippen molar-refractivity contribution in [2.45, 2.75) is 11.5 Å². The highest BCUT2D eigenvalue weighted by Crippen LogP contribution is 2.42. The topological polar surface area (TPSA) is 26.0 Å². The zero-order valence-electron chi connectivity index (χ0n) is 25.1. The first kappa shape index (κ1) is 27.0. The second-order valence-electron chi connectivity index (χ2n) is 11.9. The van der Waals surface area contributed by atoms with Gasteiger partial charge < -0.3 is 4.42 Å². The molecule has 0 unspecified atom stereocenters. The number of benzene rings is 6. The normalized spacial score (nSPS) is 12.5. The van der Waals surface area contributed by atoms with Gasteiger partial charge in [-0.15, -0.1) is 0 Å². The predicted molar refractivity (Wildman–Crippen MR) is 194 cm³/mol. The molecule has 2 nitrogen and oxygen atoms in total. The number of para-hydroxylation sites is 2. The van der Waals surface area contributed by atoms with E-state index >= 15 is 0 Å². The lowest BCUT2D eigenvalue weighted by Gasteiger charge is -2.15. The zero-order chi connectivity index (χ0) is 30.5. The largest absolute Gasteiger partial charge is 0.455 e. The Hall–Kier alpha value is -5.38. The van der Waals surface area contributed by atoms with Crippen molar-refractivity contribution in [2.75, 3.05) is 0 Å². The number of furan rings is 1. The fourth-order valence-corrected chi connectivity index (χ4v) is 7.76. The molecular formula is C43H29NOS. The fourth-order valence-electron chi connectivity index (χ4n) is 6.73. The summed E-state index contributed by atoms with van der Waals surface area (Å²) in [6.07, 6.45) is 0. The Morgan fingerprint density at radius 3 is 1.89 bits per heavy atom. The van der Waals surface area contributed by atoms with E-state index in [1.54, 1.807) is 0 Å². The van der Waals surface area contributed by atoms with E-state index in [4.69, 9.17) is 9.40 Å². The number of rotatable bonds is 4. The van der Waals surface area contributed by atoms with Crippen LogP contribution in [0.2, 0.25) is 0 Å². The molecule has 1 aliphatic rings. The third kappa shape index (κ3) is 4.72. The van der Waals surface area contributed by atoms with Gasteiger partial charge in [-0.3, -0.25) is 0 Å². The van der Waals surface area contributed by atoms with Crippen LogP contribution < -0.4 is 0 Å². The van der Waals surface area contributed by atoms with Crippen molar-refractivity contribution in [1.29, 1.82) is 0 Å². The van der Waals surface area contributed by atoms with Crippen molar-refractivity contribution in [2.24, 2.45) is 0 Å². The molecular weight excluding hydrogens is 579 g/mol. The van der Waals surface area contributed by atoms with Gasteiger partial charge in [0.25, 0.3) is 0 Å². The molecule has 0 fully saturated rings. The number of nitrogens with zero attached hydrogens (tertiary/aromatic N) is 1. The Morgan fingerprint density at radius 2 is 1.11 bits per heavy atom. The Labute approximate surface area is 272 Å². The summed E-state index contributed by atoms with van der Waals surface area (Å²) < 4.78 is 6.40. The standard InChI is InChI=1S/C43H29NOS/c1-3-10-28(11-4-1)40-24-33(25-41(44-40)29-12-5-2-6-13-29)30-18-19-32-26-46-27-34-22-31(20-21-35(34)39(32)23-30)36-15-9-16-38-37-14-7-8-17-42(37)45-43(36)38/h1-25H,26-27H2. The number of hydrogen-bond donors (Lipinski definition) is 0. The summed E-state index contributed by atoms with van der Waals surface area (Å²) in [5.41, 5.74) is 16.1. The van der Waals surface area contributed by atoms with Gasteiger partial charge in [0.05, 0.1) is 11.4 Å². The van der Waals surface area contributed by atoms with Gasteiger partial charge >= 0.3 is 0 Å². The van der Waals surface area contributed by atoms with E-state index in [9.17, 15) is 0 Å². The Kier molecular flexibility index (Phi) is 6.57. The highest BCUT2D eigenvalue weighted by atomic mass is 32.2. The summed E-state index contributed by atoms with van der Waals surface area (Å²) in [7, 11) is 0. The molecule has 0 amide bonds. The van der Waals surface area contributed by atoms with Gasteiger partial charge in [-0.25, -0.2) is 4.98 Å².